The van der Waals surface area contributed by atoms with E-state index >= 15 is 0 Å². The lowest BCUT2D eigenvalue weighted by Crippen LogP contribution is -2.38. The number of ether oxygens (including phenoxy) is 1. The van der Waals surface area contributed by atoms with Crippen molar-refractivity contribution < 1.29 is 29.2 Å². The second-order valence-electron chi connectivity index (χ2n) is 6.52. The molecule has 0 saturated carbocycles. The average Bonchev–Trinajstić information content (AvgIpc) is 2.86. The summed E-state index contributed by atoms with van der Waals surface area (Å²) in [4.78, 5) is 0. The maximum Gasteiger partial charge on any atom is 0.331 e. The molecule has 0 aliphatic carbocycles. The maximum atomic E-state index is 13.1. The minimum atomic E-state index is -3.27. The van der Waals surface area contributed by atoms with Gasteiger partial charge in [0.1, 0.15) is 5.34 Å². The van der Waals surface area contributed by atoms with E-state index < -0.39 is 27.9 Å². The molecule has 0 aromatic carbocycles. The average molecular weight is 387 g/mol. The van der Waals surface area contributed by atoms with Crippen LogP contribution in [0.5, 0.6) is 0 Å². The monoisotopic (exact) mass is 386 g/mol. The van der Waals surface area contributed by atoms with Gasteiger partial charge in [-0.15, -0.1) is 0 Å². The first-order valence-corrected chi connectivity index (χ1v) is 13.3. The minimum absolute atomic E-state index is 0.150. The smallest absolute Gasteiger partial charge is 0.331 e. The van der Waals surface area contributed by atoms with E-state index in [4.69, 9.17) is 19.5 Å². The van der Waals surface area contributed by atoms with E-state index in [-0.39, 0.29) is 24.8 Å². The van der Waals surface area contributed by atoms with Crippen LogP contribution >= 0.6 is 7.37 Å². The molecule has 0 spiro atoms. The highest BCUT2D eigenvalue weighted by atomic mass is 31.2. The molecular weight excluding hydrogens is 347 g/mol. The lowest BCUT2D eigenvalue weighted by molar-refractivity contribution is 0.0382. The van der Waals surface area contributed by atoms with Gasteiger partial charge in [0.05, 0.1) is 20.7 Å². The standard InChI is InChI=1S/C14H31O6PSi.C2H6/c1-7-19-21(16,14(2,3)15)11-12-8-9-18-13(12)10-20-22(5,6)17-4;1-2/h12-13,15H,7-11H2,1-6H3;1-2H3/t12-,13-,21?;/m1./s1/i9T;/t9-,12+,13+,21?;/m0.. The summed E-state index contributed by atoms with van der Waals surface area (Å²) < 4.78 is 43.1. The van der Waals surface area contributed by atoms with Crippen molar-refractivity contribution in [2.24, 2.45) is 5.92 Å². The van der Waals surface area contributed by atoms with Crippen LogP contribution in [-0.4, -0.2) is 58.2 Å². The van der Waals surface area contributed by atoms with E-state index in [9.17, 15) is 9.67 Å². The molecule has 4 atom stereocenters. The molecule has 1 unspecified atom stereocenters. The number of hydrogen-bond acceptors (Lipinski definition) is 6. The fourth-order valence-corrected chi connectivity index (χ4v) is 5.20. The van der Waals surface area contributed by atoms with Crippen LogP contribution in [0.4, 0.5) is 0 Å². The van der Waals surface area contributed by atoms with Crippen LogP contribution in [0, 0.1) is 5.92 Å². The highest BCUT2D eigenvalue weighted by Gasteiger charge is 2.45. The molecule has 6 nitrogen and oxygen atoms in total. The van der Waals surface area contributed by atoms with Crippen LogP contribution in [0.2, 0.25) is 13.1 Å². The van der Waals surface area contributed by atoms with Crippen molar-refractivity contribution >= 4 is 15.9 Å². The van der Waals surface area contributed by atoms with Crippen molar-refractivity contribution in [3.05, 3.63) is 0 Å². The normalized spacial score (nSPS) is 27.9. The van der Waals surface area contributed by atoms with Crippen LogP contribution in [0.1, 0.15) is 42.4 Å². The Bertz CT molecular complexity index is 429. The lowest BCUT2D eigenvalue weighted by atomic mass is 10.1. The van der Waals surface area contributed by atoms with Crippen molar-refractivity contribution in [3.63, 3.8) is 0 Å². The molecule has 0 aromatic heterocycles. The van der Waals surface area contributed by atoms with Crippen LogP contribution in [0.3, 0.4) is 0 Å². The topological polar surface area (TPSA) is 74.2 Å². The molecule has 1 aliphatic heterocycles. The van der Waals surface area contributed by atoms with Gasteiger partial charge in [-0.3, -0.25) is 4.57 Å². The summed E-state index contributed by atoms with van der Waals surface area (Å²) >= 11 is 0. The van der Waals surface area contributed by atoms with Gasteiger partial charge in [-0.2, -0.15) is 0 Å². The van der Waals surface area contributed by atoms with Gasteiger partial charge in [0, 0.05) is 19.9 Å². The van der Waals surface area contributed by atoms with E-state index in [1.54, 1.807) is 14.0 Å². The summed E-state index contributed by atoms with van der Waals surface area (Å²) in [6.45, 7) is 12.5. The fourth-order valence-electron chi connectivity index (χ4n) is 2.23. The zero-order valence-corrected chi connectivity index (χ0v) is 18.4. The van der Waals surface area contributed by atoms with Crippen LogP contribution < -0.4 is 0 Å². The first-order valence-electron chi connectivity index (χ1n) is 9.24. The second-order valence-corrected chi connectivity index (χ2v) is 13.1. The molecule has 146 valence electrons. The van der Waals surface area contributed by atoms with Gasteiger partial charge in [-0.25, -0.2) is 0 Å². The molecule has 24 heavy (non-hydrogen) atoms. The maximum absolute atomic E-state index is 13.1. The van der Waals surface area contributed by atoms with Crippen molar-refractivity contribution in [3.8, 4) is 0 Å². The van der Waals surface area contributed by atoms with E-state index in [0.717, 1.165) is 0 Å². The summed E-state index contributed by atoms with van der Waals surface area (Å²) in [6.07, 6.45) is 0.300. The Balaban J connectivity index is 0.00000277. The van der Waals surface area contributed by atoms with Gasteiger partial charge in [-0.05, 0) is 46.2 Å². The van der Waals surface area contributed by atoms with Crippen LogP contribution in [-0.2, 0) is 22.7 Å². The van der Waals surface area contributed by atoms with Crippen molar-refractivity contribution in [2.45, 2.75) is 65.6 Å². The van der Waals surface area contributed by atoms with Crippen LogP contribution in [0.15, 0.2) is 0 Å². The Morgan fingerprint density at radius 2 is 2.00 bits per heavy atom. The number of rotatable bonds is 9. The Morgan fingerprint density at radius 1 is 1.42 bits per heavy atom. The highest BCUT2D eigenvalue weighted by Crippen LogP contribution is 2.59. The summed E-state index contributed by atoms with van der Waals surface area (Å²) in [5, 5.41) is 8.84. The van der Waals surface area contributed by atoms with Gasteiger partial charge in [0.25, 0.3) is 0 Å². The Morgan fingerprint density at radius 3 is 2.46 bits per heavy atom. The summed E-state index contributed by atoms with van der Waals surface area (Å²) in [5.74, 6) is -0.150. The predicted molar refractivity (Wildman–Crippen MR) is 100 cm³/mol. The molecule has 1 rings (SSSR count). The molecule has 8 heteroatoms. The molecular formula is C16H37O6PSi. The van der Waals surface area contributed by atoms with E-state index in [0.29, 0.717) is 13.0 Å². The van der Waals surface area contributed by atoms with Crippen molar-refractivity contribution in [2.75, 3.05) is 33.1 Å². The number of hydrogen-bond donors (Lipinski definition) is 1. The van der Waals surface area contributed by atoms with E-state index in [1.165, 1.54) is 13.8 Å². The van der Waals surface area contributed by atoms with Gasteiger partial charge in [-0.1, -0.05) is 13.8 Å². The first-order chi connectivity index (χ1) is 11.4. The van der Waals surface area contributed by atoms with Gasteiger partial charge in [0.2, 0.25) is 7.37 Å². The van der Waals surface area contributed by atoms with Gasteiger partial charge < -0.3 is 23.2 Å². The van der Waals surface area contributed by atoms with Gasteiger partial charge >= 0.3 is 8.56 Å². The lowest BCUT2D eigenvalue weighted by Gasteiger charge is -2.32. The largest absolute Gasteiger partial charge is 0.398 e. The molecule has 0 radical (unpaired) electrons. The molecule has 0 amide bonds. The summed E-state index contributed by atoms with van der Waals surface area (Å²) in [5.41, 5.74) is 0. The van der Waals surface area contributed by atoms with E-state index in [1.807, 2.05) is 26.9 Å². The number of aliphatic hydroxyl groups is 1. The third-order valence-electron chi connectivity index (χ3n) is 3.93. The molecule has 1 saturated heterocycles. The van der Waals surface area contributed by atoms with Gasteiger partial charge in [0.15, 0.2) is 0 Å². The fraction of sp³-hybridized carbons (Fsp3) is 1.00. The zero-order valence-electron chi connectivity index (χ0n) is 17.5. The quantitative estimate of drug-likeness (QED) is 0.480. The Hall–Kier alpha value is 0.247. The molecule has 1 N–H and O–H groups in total. The minimum Gasteiger partial charge on any atom is -0.398 e. The Kier molecular flexibility index (Phi) is 9.67. The molecule has 1 aliphatic rings. The highest BCUT2D eigenvalue weighted by molar-refractivity contribution is 7.60. The summed E-state index contributed by atoms with van der Waals surface area (Å²) in [7, 11) is -3.85. The molecule has 1 fully saturated rings. The molecule has 0 bridgehead atoms. The van der Waals surface area contributed by atoms with Crippen LogP contribution in [0.25, 0.3) is 0 Å². The molecule has 0 aromatic rings. The first kappa shape index (κ1) is 22.3. The van der Waals surface area contributed by atoms with E-state index in [2.05, 4.69) is 0 Å². The zero-order chi connectivity index (χ0) is 19.9. The Labute approximate surface area is 150 Å². The van der Waals surface area contributed by atoms with Crippen molar-refractivity contribution in [1.82, 2.24) is 0 Å². The third-order valence-corrected chi connectivity index (χ3v) is 9.07. The second kappa shape index (κ2) is 10.4. The third kappa shape index (κ3) is 7.24. The summed E-state index contributed by atoms with van der Waals surface area (Å²) in [6, 6.07) is 0. The predicted octanol–water partition coefficient (Wildman–Crippen LogP) is 3.83. The van der Waals surface area contributed by atoms with Crippen molar-refractivity contribution in [1.29, 1.82) is 0 Å². The molecule has 1 heterocycles. The SMILES string of the molecule is CC.[3H][C@H]1C[C@H](CP(=O)(OCC)C(C)(C)O)[C@@H](CO[Si](C)(C)OC)O1.